The monoisotopic (exact) mass is 267 g/mol. The number of halogens is 2. The maximum absolute atomic E-state index is 6.11. The highest BCUT2D eigenvalue weighted by atomic mass is 35.5. The third-order valence-electron chi connectivity index (χ3n) is 2.41. The molecular weight excluding hydrogens is 257 g/mol. The first kappa shape index (κ1) is 12.3. The van der Waals surface area contributed by atoms with Crippen LogP contribution in [0.5, 0.6) is 0 Å². The number of nitrogens with two attached hydrogens (primary N) is 1. The van der Waals surface area contributed by atoms with Crippen molar-refractivity contribution in [2.24, 2.45) is 5.84 Å². The highest BCUT2D eigenvalue weighted by molar-refractivity contribution is 6.34. The lowest BCUT2D eigenvalue weighted by atomic mass is 10.0. The van der Waals surface area contributed by atoms with Crippen molar-refractivity contribution < 1.29 is 0 Å². The topological polar surface area (TPSA) is 50.9 Å². The lowest BCUT2D eigenvalue weighted by molar-refractivity contribution is 0.621. The molecule has 1 heterocycles. The molecule has 5 heteroatoms. The van der Waals surface area contributed by atoms with Crippen LogP contribution in [0, 0.1) is 0 Å². The Hall–Kier alpha value is -1.13. The zero-order chi connectivity index (χ0) is 12.3. The van der Waals surface area contributed by atoms with Crippen LogP contribution >= 0.6 is 23.2 Å². The summed E-state index contributed by atoms with van der Waals surface area (Å²) in [5, 5.41) is 0.992. The van der Waals surface area contributed by atoms with Gasteiger partial charge in [-0.1, -0.05) is 53.5 Å². The minimum atomic E-state index is -0.249. The quantitative estimate of drug-likeness (QED) is 0.664. The predicted molar refractivity (Wildman–Crippen MR) is 69.9 cm³/mol. The van der Waals surface area contributed by atoms with Gasteiger partial charge in [0.05, 0.1) is 21.8 Å². The molecule has 0 aliphatic heterocycles. The summed E-state index contributed by atoms with van der Waals surface area (Å²) in [5.74, 6) is 5.56. The highest BCUT2D eigenvalue weighted by Crippen LogP contribution is 2.27. The molecule has 0 radical (unpaired) electrons. The molecule has 17 heavy (non-hydrogen) atoms. The number of nitrogens with zero attached hydrogens (tertiary/aromatic N) is 1. The van der Waals surface area contributed by atoms with E-state index in [0.717, 1.165) is 5.56 Å². The molecule has 0 amide bonds. The number of aromatic nitrogens is 1. The summed E-state index contributed by atoms with van der Waals surface area (Å²) < 4.78 is 0. The maximum atomic E-state index is 6.11. The van der Waals surface area contributed by atoms with E-state index < -0.39 is 0 Å². The van der Waals surface area contributed by atoms with Gasteiger partial charge in [0.2, 0.25) is 0 Å². The van der Waals surface area contributed by atoms with Crippen molar-refractivity contribution >= 4 is 23.2 Å². The van der Waals surface area contributed by atoms with Gasteiger partial charge in [-0.2, -0.15) is 0 Å². The van der Waals surface area contributed by atoms with Gasteiger partial charge in [-0.3, -0.25) is 10.8 Å². The van der Waals surface area contributed by atoms with Gasteiger partial charge in [0.1, 0.15) is 0 Å². The summed E-state index contributed by atoms with van der Waals surface area (Å²) in [6.07, 6.45) is 1.55. The number of hydrogen-bond donors (Lipinski definition) is 2. The molecule has 0 saturated heterocycles. The average molecular weight is 268 g/mol. The number of pyridine rings is 1. The Morgan fingerprint density at radius 1 is 1.18 bits per heavy atom. The molecule has 1 unspecified atom stereocenters. The van der Waals surface area contributed by atoms with Crippen LogP contribution < -0.4 is 11.3 Å². The lowest BCUT2D eigenvalue weighted by Crippen LogP contribution is -2.29. The number of hydrogen-bond acceptors (Lipinski definition) is 3. The summed E-state index contributed by atoms with van der Waals surface area (Å²) in [6.45, 7) is 0. The summed E-state index contributed by atoms with van der Waals surface area (Å²) in [7, 11) is 0. The molecule has 0 spiro atoms. The molecule has 3 nitrogen and oxygen atoms in total. The van der Waals surface area contributed by atoms with E-state index in [1.165, 1.54) is 0 Å². The molecule has 0 fully saturated rings. The summed E-state index contributed by atoms with van der Waals surface area (Å²) in [6, 6.07) is 11.1. The van der Waals surface area contributed by atoms with Crippen molar-refractivity contribution in [2.45, 2.75) is 6.04 Å². The fourth-order valence-electron chi connectivity index (χ4n) is 1.62. The molecule has 1 aromatic heterocycles. The van der Waals surface area contributed by atoms with Crippen molar-refractivity contribution in [3.8, 4) is 0 Å². The van der Waals surface area contributed by atoms with Crippen molar-refractivity contribution in [1.29, 1.82) is 0 Å². The second-order valence-electron chi connectivity index (χ2n) is 3.53. The first-order chi connectivity index (χ1) is 8.22. The van der Waals surface area contributed by atoms with Crippen LogP contribution in [0.15, 0.2) is 42.6 Å². The van der Waals surface area contributed by atoms with Gasteiger partial charge in [-0.25, -0.2) is 5.43 Å². The third kappa shape index (κ3) is 2.76. The van der Waals surface area contributed by atoms with Crippen LogP contribution in [0.4, 0.5) is 0 Å². The van der Waals surface area contributed by atoms with E-state index in [2.05, 4.69) is 10.4 Å². The van der Waals surface area contributed by atoms with Crippen LogP contribution in [0.25, 0.3) is 0 Å². The van der Waals surface area contributed by atoms with Crippen LogP contribution in [-0.2, 0) is 0 Å². The first-order valence-electron chi connectivity index (χ1n) is 5.04. The molecule has 0 saturated carbocycles. The zero-order valence-electron chi connectivity index (χ0n) is 8.90. The fourth-order valence-corrected chi connectivity index (χ4v) is 2.11. The van der Waals surface area contributed by atoms with Gasteiger partial charge >= 0.3 is 0 Å². The molecule has 0 aliphatic carbocycles. The van der Waals surface area contributed by atoms with E-state index >= 15 is 0 Å². The van der Waals surface area contributed by atoms with E-state index in [0.29, 0.717) is 15.7 Å². The maximum Gasteiger partial charge on any atom is 0.0896 e. The van der Waals surface area contributed by atoms with Gasteiger partial charge < -0.3 is 0 Å². The normalized spacial score (nSPS) is 12.4. The van der Waals surface area contributed by atoms with Crippen LogP contribution in [0.3, 0.4) is 0 Å². The molecule has 3 N–H and O–H groups in total. The minimum absolute atomic E-state index is 0.249. The van der Waals surface area contributed by atoms with Gasteiger partial charge in [-0.15, -0.1) is 0 Å². The Bertz CT molecular complexity index is 502. The molecule has 0 bridgehead atoms. The summed E-state index contributed by atoms with van der Waals surface area (Å²) >= 11 is 11.9. The number of nitrogens with one attached hydrogen (secondary N) is 1. The Labute approximate surface area is 110 Å². The minimum Gasteiger partial charge on any atom is -0.271 e. The molecule has 2 aromatic rings. The van der Waals surface area contributed by atoms with Crippen LogP contribution in [-0.4, -0.2) is 4.98 Å². The Morgan fingerprint density at radius 2 is 1.88 bits per heavy atom. The Kier molecular flexibility index (Phi) is 3.97. The van der Waals surface area contributed by atoms with Gasteiger partial charge in [0.15, 0.2) is 0 Å². The Balaban J connectivity index is 2.42. The summed E-state index contributed by atoms with van der Waals surface area (Å²) in [4.78, 5) is 4.22. The zero-order valence-corrected chi connectivity index (χ0v) is 10.4. The molecule has 1 aromatic carbocycles. The van der Waals surface area contributed by atoms with E-state index in [4.69, 9.17) is 29.0 Å². The van der Waals surface area contributed by atoms with E-state index in [1.807, 2.05) is 30.3 Å². The second-order valence-corrected chi connectivity index (χ2v) is 4.37. The average Bonchev–Trinajstić information content (AvgIpc) is 2.34. The van der Waals surface area contributed by atoms with Crippen molar-refractivity contribution in [1.82, 2.24) is 10.4 Å². The van der Waals surface area contributed by atoms with Gasteiger partial charge in [0.25, 0.3) is 0 Å². The van der Waals surface area contributed by atoms with Crippen LogP contribution in [0.1, 0.15) is 17.3 Å². The molecule has 88 valence electrons. The van der Waals surface area contributed by atoms with Crippen molar-refractivity contribution in [3.63, 3.8) is 0 Å². The van der Waals surface area contributed by atoms with E-state index in [1.54, 1.807) is 12.3 Å². The van der Waals surface area contributed by atoms with Gasteiger partial charge in [0, 0.05) is 6.20 Å². The molecular formula is C12H11Cl2N3. The lowest BCUT2D eigenvalue weighted by Gasteiger charge is -2.17. The first-order valence-corrected chi connectivity index (χ1v) is 5.80. The van der Waals surface area contributed by atoms with E-state index in [-0.39, 0.29) is 6.04 Å². The largest absolute Gasteiger partial charge is 0.271 e. The molecule has 1 atom stereocenters. The van der Waals surface area contributed by atoms with Crippen molar-refractivity contribution in [3.05, 3.63) is 63.9 Å². The molecule has 0 aliphatic rings. The summed E-state index contributed by atoms with van der Waals surface area (Å²) in [5.41, 5.74) is 4.35. The fraction of sp³-hybridized carbons (Fsp3) is 0.0833. The Morgan fingerprint density at radius 3 is 2.47 bits per heavy atom. The highest BCUT2D eigenvalue weighted by Gasteiger charge is 2.16. The number of benzene rings is 1. The van der Waals surface area contributed by atoms with Crippen molar-refractivity contribution in [2.75, 3.05) is 0 Å². The number of hydrazine groups is 1. The number of rotatable bonds is 3. The SMILES string of the molecule is NNC(c1ccccc1)c1ncc(Cl)cc1Cl. The van der Waals surface area contributed by atoms with Gasteiger partial charge in [-0.05, 0) is 11.6 Å². The smallest absolute Gasteiger partial charge is 0.0896 e. The second kappa shape index (κ2) is 5.47. The standard InChI is InChI=1S/C12H11Cl2N3/c13-9-6-10(14)12(16-7-9)11(17-15)8-4-2-1-3-5-8/h1-7,11,17H,15H2. The molecule has 2 rings (SSSR count). The van der Waals surface area contributed by atoms with E-state index in [9.17, 15) is 0 Å². The predicted octanol–water partition coefficient (Wildman–Crippen LogP) is 2.94. The third-order valence-corrected chi connectivity index (χ3v) is 2.92. The van der Waals surface area contributed by atoms with Crippen LogP contribution in [0.2, 0.25) is 10.0 Å².